The van der Waals surface area contributed by atoms with Gasteiger partial charge in [-0.2, -0.15) is 5.10 Å². The van der Waals surface area contributed by atoms with E-state index in [9.17, 15) is 0 Å². The highest BCUT2D eigenvalue weighted by atomic mass is 16.5. The average Bonchev–Trinajstić information content (AvgIpc) is 2.95. The third-order valence-electron chi connectivity index (χ3n) is 3.91. The van der Waals surface area contributed by atoms with Crippen molar-refractivity contribution in [2.75, 3.05) is 6.61 Å². The van der Waals surface area contributed by atoms with E-state index in [-0.39, 0.29) is 6.04 Å². The van der Waals surface area contributed by atoms with Crippen molar-refractivity contribution in [2.24, 2.45) is 11.7 Å². The highest BCUT2D eigenvalue weighted by Gasteiger charge is 2.26. The van der Waals surface area contributed by atoms with Gasteiger partial charge in [0.05, 0.1) is 12.8 Å². The Bertz CT molecular complexity index is 579. The third kappa shape index (κ3) is 2.56. The summed E-state index contributed by atoms with van der Waals surface area (Å²) in [5.74, 6) is 1.31. The maximum atomic E-state index is 6.40. The predicted octanol–water partition coefficient (Wildman–Crippen LogP) is 2.54. The van der Waals surface area contributed by atoms with Crippen molar-refractivity contribution in [2.45, 2.75) is 32.4 Å². The summed E-state index contributed by atoms with van der Waals surface area (Å²) in [4.78, 5) is 0. The minimum atomic E-state index is -0.0195. The number of hydrogen-bond donors (Lipinski definition) is 1. The summed E-state index contributed by atoms with van der Waals surface area (Å²) in [7, 11) is 0. The van der Waals surface area contributed by atoms with Crippen molar-refractivity contribution < 1.29 is 4.74 Å². The fraction of sp³-hybridized carbons (Fsp3) is 0.438. The Labute approximate surface area is 119 Å². The van der Waals surface area contributed by atoms with Crippen molar-refractivity contribution in [1.82, 2.24) is 9.78 Å². The highest BCUT2D eigenvalue weighted by Crippen LogP contribution is 2.32. The number of hydrogen-bond acceptors (Lipinski definition) is 3. The van der Waals surface area contributed by atoms with E-state index < -0.39 is 0 Å². The quantitative estimate of drug-likeness (QED) is 0.929. The molecule has 4 heteroatoms. The number of nitrogens with zero attached hydrogens (tertiary/aromatic N) is 2. The molecule has 2 N–H and O–H groups in total. The second-order valence-corrected chi connectivity index (χ2v) is 5.45. The zero-order valence-electron chi connectivity index (χ0n) is 11.8. The summed E-state index contributed by atoms with van der Waals surface area (Å²) in [6, 6.07) is 8.18. The number of aromatic nitrogens is 2. The lowest BCUT2D eigenvalue weighted by Gasteiger charge is -2.29. The van der Waals surface area contributed by atoms with Crippen molar-refractivity contribution in [1.29, 1.82) is 0 Å². The fourth-order valence-corrected chi connectivity index (χ4v) is 2.76. The lowest BCUT2D eigenvalue weighted by Crippen LogP contribution is -2.31. The molecule has 1 aromatic heterocycles. The minimum Gasteiger partial charge on any atom is -0.493 e. The molecule has 2 atom stereocenters. The summed E-state index contributed by atoms with van der Waals surface area (Å²) in [6.07, 6.45) is 6.00. The molecule has 2 heterocycles. The molecule has 0 fully saturated rings. The molecular weight excluding hydrogens is 250 g/mol. The molecule has 0 radical (unpaired) electrons. The van der Waals surface area contributed by atoms with Crippen molar-refractivity contribution in [3.63, 3.8) is 0 Å². The van der Waals surface area contributed by atoms with Crippen LogP contribution in [0.4, 0.5) is 0 Å². The summed E-state index contributed by atoms with van der Waals surface area (Å²) < 4.78 is 7.79. The number of ether oxygens (including phenoxy) is 1. The van der Waals surface area contributed by atoms with Gasteiger partial charge >= 0.3 is 0 Å². The van der Waals surface area contributed by atoms with Gasteiger partial charge in [0.15, 0.2) is 0 Å². The van der Waals surface area contributed by atoms with Gasteiger partial charge in [-0.25, -0.2) is 0 Å². The van der Waals surface area contributed by atoms with E-state index in [0.29, 0.717) is 12.5 Å². The van der Waals surface area contributed by atoms with E-state index in [1.165, 1.54) is 5.56 Å². The monoisotopic (exact) mass is 271 g/mol. The largest absolute Gasteiger partial charge is 0.493 e. The summed E-state index contributed by atoms with van der Waals surface area (Å²) in [6.45, 7) is 3.76. The van der Waals surface area contributed by atoms with Crippen LogP contribution < -0.4 is 10.5 Å². The van der Waals surface area contributed by atoms with Crippen LogP contribution >= 0.6 is 0 Å². The van der Waals surface area contributed by atoms with E-state index in [1.54, 1.807) is 0 Å². The molecule has 106 valence electrons. The Morgan fingerprint density at radius 3 is 3.15 bits per heavy atom. The minimum absolute atomic E-state index is 0.0195. The Kier molecular flexibility index (Phi) is 3.74. The van der Waals surface area contributed by atoms with E-state index in [1.807, 2.05) is 23.0 Å². The number of para-hydroxylation sites is 1. The highest BCUT2D eigenvalue weighted by molar-refractivity contribution is 5.35. The predicted molar refractivity (Wildman–Crippen MR) is 78.6 cm³/mol. The molecule has 0 amide bonds. The van der Waals surface area contributed by atoms with E-state index in [2.05, 4.69) is 30.4 Å². The maximum absolute atomic E-state index is 6.40. The zero-order chi connectivity index (χ0) is 13.9. The second kappa shape index (κ2) is 5.67. The molecule has 4 nitrogen and oxygen atoms in total. The van der Waals surface area contributed by atoms with Crippen molar-refractivity contribution >= 4 is 0 Å². The molecule has 0 saturated heterocycles. The molecule has 0 spiro atoms. The van der Waals surface area contributed by atoms with Crippen LogP contribution in [0.3, 0.4) is 0 Å². The lowest BCUT2D eigenvalue weighted by molar-refractivity contribution is 0.200. The number of benzene rings is 1. The van der Waals surface area contributed by atoms with Gasteiger partial charge in [-0.1, -0.05) is 25.1 Å². The van der Waals surface area contributed by atoms with Crippen LogP contribution in [0, 0.1) is 5.92 Å². The first-order chi connectivity index (χ1) is 9.78. The lowest BCUT2D eigenvalue weighted by atomic mass is 9.88. The van der Waals surface area contributed by atoms with Gasteiger partial charge < -0.3 is 10.5 Å². The van der Waals surface area contributed by atoms with Gasteiger partial charge in [-0.3, -0.25) is 4.68 Å². The standard InChI is InChI=1S/C16H21N3O/c1-2-7-19-10-14(9-18-19)16(17)13-8-12-5-3-4-6-15(12)20-11-13/h3-6,9-10,13,16H,2,7-8,11,17H2,1H3. The fourth-order valence-electron chi connectivity index (χ4n) is 2.76. The number of fused-ring (bicyclic) bond motifs is 1. The first-order valence-electron chi connectivity index (χ1n) is 7.26. The van der Waals surface area contributed by atoms with Crippen molar-refractivity contribution in [3.05, 3.63) is 47.8 Å². The molecule has 3 rings (SSSR count). The first-order valence-corrected chi connectivity index (χ1v) is 7.26. The Balaban J connectivity index is 1.73. The molecule has 2 aromatic rings. The first kappa shape index (κ1) is 13.2. The van der Waals surface area contributed by atoms with Crippen molar-refractivity contribution in [3.8, 4) is 5.75 Å². The Morgan fingerprint density at radius 2 is 2.30 bits per heavy atom. The second-order valence-electron chi connectivity index (χ2n) is 5.45. The molecule has 1 aliphatic rings. The normalized spacial score (nSPS) is 19.2. The van der Waals surface area contributed by atoms with Crippen LogP contribution in [-0.2, 0) is 13.0 Å². The van der Waals surface area contributed by atoms with Gasteiger partial charge in [0.1, 0.15) is 5.75 Å². The molecule has 1 aromatic carbocycles. The zero-order valence-corrected chi connectivity index (χ0v) is 11.8. The number of aryl methyl sites for hydroxylation is 1. The SMILES string of the molecule is CCCn1cc(C(N)C2COc3ccccc3C2)cn1. The topological polar surface area (TPSA) is 53.1 Å². The average molecular weight is 271 g/mol. The van der Waals surface area contributed by atoms with Crippen LogP contribution in [0.5, 0.6) is 5.75 Å². The molecule has 0 bridgehead atoms. The molecule has 2 unspecified atom stereocenters. The molecule has 0 aliphatic carbocycles. The Hall–Kier alpha value is -1.81. The van der Waals surface area contributed by atoms with Crippen LogP contribution in [0.15, 0.2) is 36.7 Å². The van der Waals surface area contributed by atoms with E-state index in [0.717, 1.165) is 30.7 Å². The van der Waals surface area contributed by atoms with Crippen LogP contribution in [0.1, 0.15) is 30.5 Å². The van der Waals surface area contributed by atoms with Crippen LogP contribution in [0.2, 0.25) is 0 Å². The van der Waals surface area contributed by atoms with Gasteiger partial charge in [0.25, 0.3) is 0 Å². The van der Waals surface area contributed by atoms with Gasteiger partial charge in [-0.15, -0.1) is 0 Å². The number of rotatable bonds is 4. The smallest absolute Gasteiger partial charge is 0.122 e. The van der Waals surface area contributed by atoms with E-state index in [4.69, 9.17) is 10.5 Å². The maximum Gasteiger partial charge on any atom is 0.122 e. The van der Waals surface area contributed by atoms with Crippen LogP contribution in [-0.4, -0.2) is 16.4 Å². The number of nitrogens with two attached hydrogens (primary N) is 1. The Morgan fingerprint density at radius 1 is 1.45 bits per heavy atom. The molecule has 0 saturated carbocycles. The summed E-state index contributed by atoms with van der Waals surface area (Å²) >= 11 is 0. The summed E-state index contributed by atoms with van der Waals surface area (Å²) in [5.41, 5.74) is 8.76. The van der Waals surface area contributed by atoms with E-state index >= 15 is 0 Å². The molecular formula is C16H21N3O. The summed E-state index contributed by atoms with van der Waals surface area (Å²) in [5, 5.41) is 4.36. The molecule has 1 aliphatic heterocycles. The molecule has 20 heavy (non-hydrogen) atoms. The third-order valence-corrected chi connectivity index (χ3v) is 3.91. The van der Waals surface area contributed by atoms with Gasteiger partial charge in [0.2, 0.25) is 0 Å². The van der Waals surface area contributed by atoms with Gasteiger partial charge in [-0.05, 0) is 24.5 Å². The van der Waals surface area contributed by atoms with Gasteiger partial charge in [0, 0.05) is 30.3 Å². The van der Waals surface area contributed by atoms with Crippen LogP contribution in [0.25, 0.3) is 0 Å².